The Morgan fingerprint density at radius 3 is 2.43 bits per heavy atom. The molecule has 1 aliphatic carbocycles. The Morgan fingerprint density at radius 1 is 1.29 bits per heavy atom. The molecule has 0 heterocycles. The maximum absolute atomic E-state index is 11.7. The second kappa shape index (κ2) is 6.37. The Kier molecular flexibility index (Phi) is 4.76. The number of rotatable bonds is 5. The molecular weight excluding hydrogens is 266 g/mol. The number of hydrogen-bond donors (Lipinski definition) is 1. The molecule has 4 nitrogen and oxygen atoms in total. The van der Waals surface area contributed by atoms with Crippen LogP contribution in [0.2, 0.25) is 0 Å². The van der Waals surface area contributed by atoms with Crippen molar-refractivity contribution in [2.45, 2.75) is 52.2 Å². The molecule has 1 amide bonds. The first-order chi connectivity index (χ1) is 9.83. The fourth-order valence-electron chi connectivity index (χ4n) is 1.92. The van der Waals surface area contributed by atoms with Crippen LogP contribution in [0.3, 0.4) is 0 Å². The number of carbonyl (C=O) groups excluding carboxylic acids is 1. The SMILES string of the molecule is CC(NC(=O)OC(C)(C)C)c1ccc(OCC2CC2)cc1. The third-order valence-corrected chi connectivity index (χ3v) is 3.30. The normalized spacial score (nSPS) is 16.2. The van der Waals surface area contributed by atoms with Crippen LogP contribution in [0.15, 0.2) is 24.3 Å². The lowest BCUT2D eigenvalue weighted by Crippen LogP contribution is -2.34. The lowest BCUT2D eigenvalue weighted by atomic mass is 10.1. The highest BCUT2D eigenvalue weighted by molar-refractivity contribution is 5.68. The number of carbonyl (C=O) groups is 1. The molecule has 1 atom stereocenters. The van der Waals surface area contributed by atoms with Crippen LogP contribution in [-0.4, -0.2) is 18.3 Å². The third kappa shape index (κ3) is 5.66. The van der Waals surface area contributed by atoms with Gasteiger partial charge in [-0.2, -0.15) is 0 Å². The number of hydrogen-bond acceptors (Lipinski definition) is 3. The summed E-state index contributed by atoms with van der Waals surface area (Å²) in [6, 6.07) is 7.75. The predicted octanol–water partition coefficient (Wildman–Crippen LogP) is 4.06. The average molecular weight is 291 g/mol. The molecule has 0 aromatic heterocycles. The van der Waals surface area contributed by atoms with Gasteiger partial charge in [-0.1, -0.05) is 12.1 Å². The van der Waals surface area contributed by atoms with Crippen LogP contribution in [0, 0.1) is 5.92 Å². The number of alkyl carbamates (subject to hydrolysis) is 1. The van der Waals surface area contributed by atoms with Crippen molar-refractivity contribution in [1.82, 2.24) is 5.32 Å². The molecule has 4 heteroatoms. The Morgan fingerprint density at radius 2 is 1.90 bits per heavy atom. The minimum atomic E-state index is -0.482. The number of ether oxygens (including phenoxy) is 2. The van der Waals surface area contributed by atoms with Crippen molar-refractivity contribution >= 4 is 6.09 Å². The Balaban J connectivity index is 1.83. The maximum Gasteiger partial charge on any atom is 0.408 e. The first-order valence-corrected chi connectivity index (χ1v) is 7.56. The van der Waals surface area contributed by atoms with Crippen molar-refractivity contribution in [3.8, 4) is 5.75 Å². The molecule has 1 aliphatic rings. The van der Waals surface area contributed by atoms with Crippen molar-refractivity contribution in [2.24, 2.45) is 5.92 Å². The van der Waals surface area contributed by atoms with Crippen molar-refractivity contribution in [2.75, 3.05) is 6.61 Å². The molecule has 2 rings (SSSR count). The van der Waals surface area contributed by atoms with Crippen LogP contribution in [0.4, 0.5) is 4.79 Å². The largest absolute Gasteiger partial charge is 0.493 e. The minimum Gasteiger partial charge on any atom is -0.493 e. The molecule has 0 aliphatic heterocycles. The number of amides is 1. The lowest BCUT2D eigenvalue weighted by Gasteiger charge is -2.22. The molecule has 116 valence electrons. The summed E-state index contributed by atoms with van der Waals surface area (Å²) in [6.07, 6.45) is 2.17. The van der Waals surface area contributed by atoms with E-state index in [2.05, 4.69) is 5.32 Å². The molecule has 1 aromatic rings. The second-order valence-electron chi connectivity index (χ2n) is 6.69. The minimum absolute atomic E-state index is 0.0997. The van der Waals surface area contributed by atoms with E-state index in [1.165, 1.54) is 12.8 Å². The summed E-state index contributed by atoms with van der Waals surface area (Å²) < 4.78 is 11.0. The Bertz CT molecular complexity index is 472. The molecule has 1 saturated carbocycles. The quantitative estimate of drug-likeness (QED) is 0.890. The van der Waals surface area contributed by atoms with Crippen molar-refractivity contribution in [1.29, 1.82) is 0 Å². The van der Waals surface area contributed by atoms with Gasteiger partial charge in [0.15, 0.2) is 0 Å². The number of benzene rings is 1. The third-order valence-electron chi connectivity index (χ3n) is 3.30. The summed E-state index contributed by atoms with van der Waals surface area (Å²) in [5.41, 5.74) is 0.546. The van der Waals surface area contributed by atoms with Gasteiger partial charge in [0.1, 0.15) is 11.4 Å². The van der Waals surface area contributed by atoms with E-state index >= 15 is 0 Å². The molecule has 1 unspecified atom stereocenters. The summed E-state index contributed by atoms with van der Waals surface area (Å²) in [5, 5.41) is 2.83. The first kappa shape index (κ1) is 15.7. The zero-order chi connectivity index (χ0) is 15.5. The molecule has 1 aromatic carbocycles. The molecule has 0 radical (unpaired) electrons. The van der Waals surface area contributed by atoms with Crippen LogP contribution >= 0.6 is 0 Å². The van der Waals surface area contributed by atoms with Crippen molar-refractivity contribution < 1.29 is 14.3 Å². The van der Waals surface area contributed by atoms with Gasteiger partial charge in [0.05, 0.1) is 12.6 Å². The predicted molar refractivity (Wildman–Crippen MR) is 82.4 cm³/mol. The van der Waals surface area contributed by atoms with E-state index in [4.69, 9.17) is 9.47 Å². The second-order valence-corrected chi connectivity index (χ2v) is 6.69. The average Bonchev–Trinajstić information content (AvgIpc) is 3.18. The van der Waals surface area contributed by atoms with Crippen LogP contribution in [0.1, 0.15) is 52.1 Å². The summed E-state index contributed by atoms with van der Waals surface area (Å²) in [4.78, 5) is 11.7. The van der Waals surface area contributed by atoms with Crippen LogP contribution in [0.25, 0.3) is 0 Å². The fourth-order valence-corrected chi connectivity index (χ4v) is 1.92. The van der Waals surface area contributed by atoms with Crippen LogP contribution < -0.4 is 10.1 Å². The molecule has 21 heavy (non-hydrogen) atoms. The number of nitrogens with one attached hydrogen (secondary N) is 1. The van der Waals surface area contributed by atoms with Crippen molar-refractivity contribution in [3.05, 3.63) is 29.8 Å². The topological polar surface area (TPSA) is 47.6 Å². The van der Waals surface area contributed by atoms with Gasteiger partial charge in [-0.3, -0.25) is 0 Å². The highest BCUT2D eigenvalue weighted by Gasteiger charge is 2.22. The maximum atomic E-state index is 11.7. The van der Waals surface area contributed by atoms with Gasteiger partial charge in [-0.25, -0.2) is 4.79 Å². The Labute approximate surface area is 126 Å². The summed E-state index contributed by atoms with van der Waals surface area (Å²) in [7, 11) is 0. The van der Waals surface area contributed by atoms with Crippen LogP contribution in [0.5, 0.6) is 5.75 Å². The van der Waals surface area contributed by atoms with E-state index in [1.807, 2.05) is 52.0 Å². The van der Waals surface area contributed by atoms with E-state index in [0.29, 0.717) is 0 Å². The van der Waals surface area contributed by atoms with Crippen LogP contribution in [-0.2, 0) is 4.74 Å². The monoisotopic (exact) mass is 291 g/mol. The fraction of sp³-hybridized carbons (Fsp3) is 0.588. The van der Waals surface area contributed by atoms with E-state index < -0.39 is 11.7 Å². The smallest absolute Gasteiger partial charge is 0.408 e. The van der Waals surface area contributed by atoms with Gasteiger partial charge in [-0.15, -0.1) is 0 Å². The summed E-state index contributed by atoms with van der Waals surface area (Å²) >= 11 is 0. The van der Waals surface area contributed by atoms with E-state index in [9.17, 15) is 4.79 Å². The first-order valence-electron chi connectivity index (χ1n) is 7.56. The highest BCUT2D eigenvalue weighted by Crippen LogP contribution is 2.29. The van der Waals surface area contributed by atoms with Gasteiger partial charge in [0.2, 0.25) is 0 Å². The summed E-state index contributed by atoms with van der Waals surface area (Å²) in [6.45, 7) is 8.30. The van der Waals surface area contributed by atoms with E-state index in [0.717, 1.165) is 23.8 Å². The molecule has 1 N–H and O–H groups in total. The molecule has 0 saturated heterocycles. The molecule has 0 bridgehead atoms. The van der Waals surface area contributed by atoms with E-state index in [1.54, 1.807) is 0 Å². The van der Waals surface area contributed by atoms with Gasteiger partial charge in [0.25, 0.3) is 0 Å². The zero-order valence-electron chi connectivity index (χ0n) is 13.3. The Hall–Kier alpha value is -1.71. The standard InChI is InChI=1S/C17H25NO3/c1-12(18-16(19)21-17(2,3)4)14-7-9-15(10-8-14)20-11-13-5-6-13/h7-10,12-13H,5-6,11H2,1-4H3,(H,18,19). The molecule has 1 fully saturated rings. The summed E-state index contributed by atoms with van der Waals surface area (Å²) in [5.74, 6) is 1.63. The van der Waals surface area contributed by atoms with Gasteiger partial charge in [0, 0.05) is 0 Å². The van der Waals surface area contributed by atoms with Gasteiger partial charge in [-0.05, 0) is 64.2 Å². The van der Waals surface area contributed by atoms with E-state index in [-0.39, 0.29) is 6.04 Å². The van der Waals surface area contributed by atoms with Crippen molar-refractivity contribution in [3.63, 3.8) is 0 Å². The zero-order valence-corrected chi connectivity index (χ0v) is 13.3. The lowest BCUT2D eigenvalue weighted by molar-refractivity contribution is 0.0508. The molecule has 0 spiro atoms. The van der Waals surface area contributed by atoms with Gasteiger partial charge >= 0.3 is 6.09 Å². The van der Waals surface area contributed by atoms with Gasteiger partial charge < -0.3 is 14.8 Å². The molecular formula is C17H25NO3. The highest BCUT2D eigenvalue weighted by atomic mass is 16.6.